The van der Waals surface area contributed by atoms with E-state index in [2.05, 4.69) is 15.9 Å². The molecule has 2 atom stereocenters. The van der Waals surface area contributed by atoms with Gasteiger partial charge in [-0.15, -0.1) is 0 Å². The number of nitrogens with zero attached hydrogens (tertiary/aromatic N) is 1. The average Bonchev–Trinajstić information content (AvgIpc) is 2.83. The van der Waals surface area contributed by atoms with Gasteiger partial charge >= 0.3 is 0 Å². The fraction of sp³-hybridized carbons (Fsp3) is 0.240. The lowest BCUT2D eigenvalue weighted by Gasteiger charge is -2.48. The first kappa shape index (κ1) is 22.0. The van der Waals surface area contributed by atoms with E-state index in [1.165, 1.54) is 0 Å². The molecule has 3 aromatic rings. The van der Waals surface area contributed by atoms with Crippen molar-refractivity contribution in [2.24, 2.45) is 0 Å². The number of anilines is 1. The maximum atomic E-state index is 13.5. The van der Waals surface area contributed by atoms with Crippen LogP contribution in [-0.4, -0.2) is 34.3 Å². The van der Waals surface area contributed by atoms with E-state index >= 15 is 0 Å². The molecule has 0 aliphatic carbocycles. The second-order valence-corrected chi connectivity index (χ2v) is 8.25. The average molecular weight is 498 g/mol. The van der Waals surface area contributed by atoms with Gasteiger partial charge in [0.25, 0.3) is 0 Å². The third-order valence-corrected chi connectivity index (χ3v) is 6.24. The molecule has 3 aromatic carbocycles. The van der Waals surface area contributed by atoms with Crippen LogP contribution >= 0.6 is 15.9 Å². The zero-order valence-corrected chi connectivity index (χ0v) is 19.9. The van der Waals surface area contributed by atoms with Gasteiger partial charge in [-0.2, -0.15) is 0 Å². The van der Waals surface area contributed by atoms with Crippen molar-refractivity contribution in [3.63, 3.8) is 0 Å². The van der Waals surface area contributed by atoms with Crippen molar-refractivity contribution in [1.82, 2.24) is 0 Å². The number of β-lactam (4-membered cyclic amide) rings is 1. The first-order valence-electron chi connectivity index (χ1n) is 10.0. The number of rotatable bonds is 7. The number of carbonyl (C=O) groups is 1. The normalized spacial score (nSPS) is 17.5. The Morgan fingerprint density at radius 3 is 1.81 bits per heavy atom. The fourth-order valence-electron chi connectivity index (χ4n) is 4.12. The van der Waals surface area contributed by atoms with E-state index in [1.807, 2.05) is 48.5 Å². The molecule has 0 N–H and O–H groups in total. The number of carbonyl (C=O) groups excluding carboxylic acids is 1. The Kier molecular flexibility index (Phi) is 6.28. The third kappa shape index (κ3) is 3.77. The predicted octanol–water partition coefficient (Wildman–Crippen LogP) is 5.36. The van der Waals surface area contributed by atoms with Crippen LogP contribution in [0.25, 0.3) is 0 Å². The maximum absolute atomic E-state index is 13.5. The highest BCUT2D eigenvalue weighted by molar-refractivity contribution is 9.10. The highest BCUT2D eigenvalue weighted by atomic mass is 79.9. The van der Waals surface area contributed by atoms with Gasteiger partial charge in [0.15, 0.2) is 11.5 Å². The van der Waals surface area contributed by atoms with Crippen molar-refractivity contribution in [1.29, 1.82) is 0 Å². The van der Waals surface area contributed by atoms with Crippen molar-refractivity contribution in [3.8, 4) is 23.0 Å². The van der Waals surface area contributed by atoms with Crippen molar-refractivity contribution in [2.75, 3.05) is 33.3 Å². The van der Waals surface area contributed by atoms with Crippen LogP contribution in [0.15, 0.2) is 65.1 Å². The van der Waals surface area contributed by atoms with Gasteiger partial charge in [0.05, 0.1) is 46.1 Å². The van der Waals surface area contributed by atoms with Crippen LogP contribution in [0.3, 0.4) is 0 Å². The minimum absolute atomic E-state index is 0.00223. The summed E-state index contributed by atoms with van der Waals surface area (Å²) in [6.07, 6.45) is 0. The second-order valence-electron chi connectivity index (χ2n) is 7.34. The Bertz CT molecular complexity index is 1090. The van der Waals surface area contributed by atoms with E-state index in [4.69, 9.17) is 18.9 Å². The molecule has 1 amide bonds. The minimum Gasteiger partial charge on any atom is -0.497 e. The molecule has 166 valence electrons. The molecule has 32 heavy (non-hydrogen) atoms. The Hall–Kier alpha value is -3.19. The molecule has 0 aromatic heterocycles. The summed E-state index contributed by atoms with van der Waals surface area (Å²) in [5.41, 5.74) is 2.65. The zero-order chi connectivity index (χ0) is 22.8. The highest BCUT2D eigenvalue weighted by Crippen LogP contribution is 2.52. The van der Waals surface area contributed by atoms with Crippen LogP contribution in [-0.2, 0) is 4.79 Å². The molecular formula is C25H24BrNO5. The molecule has 1 fully saturated rings. The molecule has 1 aliphatic heterocycles. The summed E-state index contributed by atoms with van der Waals surface area (Å²) in [6, 6.07) is 19.1. The molecule has 1 aliphatic rings. The summed E-state index contributed by atoms with van der Waals surface area (Å²) < 4.78 is 22.7. The summed E-state index contributed by atoms with van der Waals surface area (Å²) in [5, 5.41) is 0. The molecule has 6 nitrogen and oxygen atoms in total. The molecule has 1 heterocycles. The van der Waals surface area contributed by atoms with E-state index in [0.717, 1.165) is 21.3 Å². The van der Waals surface area contributed by atoms with Gasteiger partial charge in [-0.25, -0.2) is 0 Å². The smallest absolute Gasteiger partial charge is 0.237 e. The number of ether oxygens (including phenoxy) is 4. The van der Waals surface area contributed by atoms with Gasteiger partial charge in [-0.05, 0) is 35.4 Å². The third-order valence-electron chi connectivity index (χ3n) is 5.71. The van der Waals surface area contributed by atoms with Gasteiger partial charge in [0.1, 0.15) is 5.75 Å². The predicted molar refractivity (Wildman–Crippen MR) is 126 cm³/mol. The van der Waals surface area contributed by atoms with Crippen molar-refractivity contribution >= 4 is 27.5 Å². The number of hydrogen-bond acceptors (Lipinski definition) is 5. The van der Waals surface area contributed by atoms with E-state index < -0.39 is 0 Å². The molecule has 7 heteroatoms. The van der Waals surface area contributed by atoms with Crippen molar-refractivity contribution < 1.29 is 23.7 Å². The van der Waals surface area contributed by atoms with E-state index in [0.29, 0.717) is 22.9 Å². The Morgan fingerprint density at radius 2 is 1.31 bits per heavy atom. The first-order chi connectivity index (χ1) is 15.5. The lowest BCUT2D eigenvalue weighted by molar-refractivity contribution is -0.126. The Balaban J connectivity index is 1.81. The Morgan fingerprint density at radius 1 is 0.750 bits per heavy atom. The number of benzene rings is 3. The summed E-state index contributed by atoms with van der Waals surface area (Å²) in [4.78, 5) is 15.3. The van der Waals surface area contributed by atoms with Crippen LogP contribution in [0, 0.1) is 0 Å². The first-order valence-corrected chi connectivity index (χ1v) is 10.8. The molecule has 4 rings (SSSR count). The van der Waals surface area contributed by atoms with Crippen LogP contribution in [0.4, 0.5) is 5.69 Å². The van der Waals surface area contributed by atoms with Crippen LogP contribution in [0.2, 0.25) is 0 Å². The number of amides is 1. The van der Waals surface area contributed by atoms with Gasteiger partial charge in [-0.1, -0.05) is 40.2 Å². The standard InChI is InChI=1S/C25H24BrNO5/c1-29-19-11-7-16(8-12-19)23-22(15-5-9-17(26)10-6-15)25(28)27(23)18-13-20(30-2)24(32-4)21(14-18)31-3/h5-14,22-23H,1-4H3/t22-,23-/m1/s1. The summed E-state index contributed by atoms with van der Waals surface area (Å²) in [6.45, 7) is 0. The van der Waals surface area contributed by atoms with Gasteiger partial charge in [0, 0.05) is 16.6 Å². The summed E-state index contributed by atoms with van der Waals surface area (Å²) in [5.74, 6) is 1.93. The lowest BCUT2D eigenvalue weighted by Crippen LogP contribution is -2.53. The van der Waals surface area contributed by atoms with Gasteiger partial charge < -0.3 is 23.8 Å². The summed E-state index contributed by atoms with van der Waals surface area (Å²) >= 11 is 3.47. The quantitative estimate of drug-likeness (QED) is 0.411. The second kappa shape index (κ2) is 9.12. The van der Waals surface area contributed by atoms with Crippen LogP contribution < -0.4 is 23.8 Å². The lowest BCUT2D eigenvalue weighted by atomic mass is 9.77. The molecule has 0 unspecified atom stereocenters. The maximum Gasteiger partial charge on any atom is 0.237 e. The molecule has 1 saturated heterocycles. The largest absolute Gasteiger partial charge is 0.497 e. The number of methoxy groups -OCH3 is 4. The SMILES string of the molecule is COc1ccc([C@@H]2[C@@H](c3ccc(Br)cc3)C(=O)N2c2cc(OC)c(OC)c(OC)c2)cc1. The number of hydrogen-bond donors (Lipinski definition) is 0. The highest BCUT2D eigenvalue weighted by Gasteiger charge is 2.50. The van der Waals surface area contributed by atoms with Crippen molar-refractivity contribution in [3.05, 3.63) is 76.3 Å². The van der Waals surface area contributed by atoms with Crippen LogP contribution in [0.5, 0.6) is 23.0 Å². The number of halogens is 1. The molecule has 0 spiro atoms. The molecular weight excluding hydrogens is 474 g/mol. The van der Waals surface area contributed by atoms with E-state index in [9.17, 15) is 4.79 Å². The van der Waals surface area contributed by atoms with E-state index in [1.54, 1.807) is 45.5 Å². The summed E-state index contributed by atoms with van der Waals surface area (Å²) in [7, 11) is 6.31. The monoisotopic (exact) mass is 497 g/mol. The van der Waals surface area contributed by atoms with E-state index in [-0.39, 0.29) is 17.9 Å². The van der Waals surface area contributed by atoms with Crippen molar-refractivity contribution in [2.45, 2.75) is 12.0 Å². The fourth-order valence-corrected chi connectivity index (χ4v) is 4.39. The zero-order valence-electron chi connectivity index (χ0n) is 18.3. The molecule has 0 saturated carbocycles. The van der Waals surface area contributed by atoms with Crippen LogP contribution in [0.1, 0.15) is 23.1 Å². The molecule has 0 radical (unpaired) electrons. The van der Waals surface area contributed by atoms with Gasteiger partial charge in [0.2, 0.25) is 11.7 Å². The Labute approximate surface area is 195 Å². The molecule has 0 bridgehead atoms. The van der Waals surface area contributed by atoms with Gasteiger partial charge in [-0.3, -0.25) is 4.79 Å². The minimum atomic E-state index is -0.310. The topological polar surface area (TPSA) is 57.2 Å².